The maximum atomic E-state index is 14.4. The van der Waals surface area contributed by atoms with E-state index < -0.39 is 83.5 Å². The number of hydrogen-bond acceptors (Lipinski definition) is 10. The van der Waals surface area contributed by atoms with Crippen molar-refractivity contribution in [1.82, 2.24) is 46.5 Å². The van der Waals surface area contributed by atoms with E-state index in [2.05, 4.69) is 46.5 Å². The monoisotopic (exact) mass is 892 g/mol. The Bertz CT molecular complexity index is 1920. The molecular weight excluding hydrogens is 823 g/mol. The number of carboxylic acid groups (broad SMARTS) is 1. The number of benzene rings is 1. The van der Waals surface area contributed by atoms with Gasteiger partial charge in [-0.1, -0.05) is 89.6 Å². The Kier molecular flexibility index (Phi) is 19.8. The van der Waals surface area contributed by atoms with Gasteiger partial charge in [-0.15, -0.1) is 0 Å². The minimum absolute atomic E-state index is 0.0180. The van der Waals surface area contributed by atoms with Gasteiger partial charge in [0.25, 0.3) is 0 Å². The highest BCUT2D eigenvalue weighted by atomic mass is 16.6. The van der Waals surface area contributed by atoms with E-state index in [1.807, 2.05) is 37.3 Å². The van der Waals surface area contributed by atoms with Crippen LogP contribution in [-0.4, -0.2) is 108 Å². The van der Waals surface area contributed by atoms with E-state index in [4.69, 9.17) is 4.74 Å². The standard InChI is InChI=1S/C46H69N9O9/c1-7-28(2)39(43(60)53-37(44(61)62)23-33-25-48-27-50-33)55-40(57)29(3)20-38(56)35(21-31-16-12-9-13-17-31)51-42(59)36(22-32-24-47-26-49-32)52-41(58)34(54-45(63)64-46(4,5)6)19-18-30-14-10-8-11-15-30/h8,10-11,14-15,24-29,31,34-39,56H,7,9,12-13,16-23H2,1-6H3,(H,47,49)(H,48,50)(H,51,59)(H,52,58)(H,53,60)(H,54,63)(H,55,57)(H,61,62)/t28-,29+,34-,35-,36-,37-,38-,39-/m0/s1. The fraction of sp³-hybridized carbons (Fsp3) is 0.609. The van der Waals surface area contributed by atoms with Gasteiger partial charge in [0.15, 0.2) is 0 Å². The number of alkyl carbamates (subject to hydrolysis) is 1. The van der Waals surface area contributed by atoms with Gasteiger partial charge in [0, 0.05) is 42.5 Å². The number of aromatic nitrogens is 4. The topological polar surface area (TPSA) is 270 Å². The molecule has 2 heterocycles. The molecule has 0 aliphatic heterocycles. The van der Waals surface area contributed by atoms with Crippen LogP contribution in [0.25, 0.3) is 0 Å². The second-order valence-electron chi connectivity index (χ2n) is 18.2. The predicted molar refractivity (Wildman–Crippen MR) is 238 cm³/mol. The number of hydrogen-bond donors (Lipinski definition) is 9. The van der Waals surface area contributed by atoms with Crippen molar-refractivity contribution in [1.29, 1.82) is 0 Å². The first kappa shape index (κ1) is 50.9. The van der Waals surface area contributed by atoms with Crippen LogP contribution >= 0.6 is 0 Å². The summed E-state index contributed by atoms with van der Waals surface area (Å²) in [7, 11) is 0. The van der Waals surface area contributed by atoms with Crippen LogP contribution in [0.2, 0.25) is 0 Å². The molecule has 0 unspecified atom stereocenters. The Morgan fingerprint density at radius 2 is 1.38 bits per heavy atom. The molecule has 5 amide bonds. The molecule has 0 spiro atoms. The van der Waals surface area contributed by atoms with Crippen LogP contribution in [0.1, 0.15) is 116 Å². The molecule has 0 radical (unpaired) electrons. The van der Waals surface area contributed by atoms with Crippen molar-refractivity contribution in [3.05, 3.63) is 72.3 Å². The van der Waals surface area contributed by atoms with Gasteiger partial charge in [-0.05, 0) is 63.9 Å². The highest BCUT2D eigenvalue weighted by Crippen LogP contribution is 2.29. The molecular formula is C46H69N9O9. The Morgan fingerprint density at radius 3 is 1.94 bits per heavy atom. The number of carboxylic acids is 1. The zero-order chi connectivity index (χ0) is 46.8. The first-order valence-electron chi connectivity index (χ1n) is 22.5. The Morgan fingerprint density at radius 1 is 0.781 bits per heavy atom. The summed E-state index contributed by atoms with van der Waals surface area (Å²) in [6, 6.07) is 4.11. The molecule has 1 aliphatic carbocycles. The van der Waals surface area contributed by atoms with Crippen molar-refractivity contribution in [3.63, 3.8) is 0 Å². The number of aliphatic hydroxyl groups excluding tert-OH is 1. The second kappa shape index (κ2) is 24.9. The minimum atomic E-state index is -1.27. The molecule has 8 atom stereocenters. The summed E-state index contributed by atoms with van der Waals surface area (Å²) in [5, 5.41) is 35.7. The molecule has 1 fully saturated rings. The molecule has 352 valence electrons. The quantitative estimate of drug-likeness (QED) is 0.0623. The van der Waals surface area contributed by atoms with Crippen LogP contribution in [0.4, 0.5) is 4.79 Å². The first-order valence-corrected chi connectivity index (χ1v) is 22.5. The molecule has 1 aliphatic rings. The Balaban J connectivity index is 1.51. The lowest BCUT2D eigenvalue weighted by Crippen LogP contribution is -2.57. The smallest absolute Gasteiger partial charge is 0.408 e. The average molecular weight is 892 g/mol. The Hall–Kier alpha value is -5.78. The molecule has 64 heavy (non-hydrogen) atoms. The van der Waals surface area contributed by atoms with Crippen LogP contribution in [0.5, 0.6) is 0 Å². The number of aryl methyl sites for hydroxylation is 1. The largest absolute Gasteiger partial charge is 0.480 e. The number of carbonyl (C=O) groups excluding carboxylic acids is 5. The van der Waals surface area contributed by atoms with Crippen molar-refractivity contribution >= 4 is 35.7 Å². The summed E-state index contributed by atoms with van der Waals surface area (Å²) in [6.45, 7) is 10.4. The van der Waals surface area contributed by atoms with Crippen molar-refractivity contribution < 1.29 is 43.7 Å². The fourth-order valence-corrected chi connectivity index (χ4v) is 7.86. The maximum Gasteiger partial charge on any atom is 0.408 e. The molecule has 18 heteroatoms. The molecule has 2 aromatic heterocycles. The van der Waals surface area contributed by atoms with Crippen molar-refractivity contribution in [2.24, 2.45) is 17.8 Å². The fourth-order valence-electron chi connectivity index (χ4n) is 7.86. The molecule has 1 saturated carbocycles. The van der Waals surface area contributed by atoms with Gasteiger partial charge in [0.1, 0.15) is 29.8 Å². The highest BCUT2D eigenvalue weighted by molar-refractivity contribution is 5.92. The van der Waals surface area contributed by atoms with E-state index in [0.29, 0.717) is 30.7 Å². The summed E-state index contributed by atoms with van der Waals surface area (Å²) in [4.78, 5) is 94.7. The molecule has 4 rings (SSSR count). The third-order valence-electron chi connectivity index (χ3n) is 11.7. The Labute approximate surface area is 375 Å². The number of amides is 5. The first-order chi connectivity index (χ1) is 30.4. The summed E-state index contributed by atoms with van der Waals surface area (Å²) in [6.07, 6.45) is 10.3. The predicted octanol–water partition coefficient (Wildman–Crippen LogP) is 3.87. The van der Waals surface area contributed by atoms with Gasteiger partial charge >= 0.3 is 12.1 Å². The molecule has 9 N–H and O–H groups in total. The van der Waals surface area contributed by atoms with Crippen molar-refractivity contribution in [2.75, 3.05) is 0 Å². The molecule has 3 aromatic rings. The molecule has 1 aromatic carbocycles. The zero-order valence-corrected chi connectivity index (χ0v) is 38.0. The van der Waals surface area contributed by atoms with Gasteiger partial charge in [0.05, 0.1) is 24.8 Å². The van der Waals surface area contributed by atoms with Gasteiger partial charge in [-0.3, -0.25) is 19.2 Å². The number of nitrogens with one attached hydrogen (secondary N) is 7. The van der Waals surface area contributed by atoms with Gasteiger partial charge in [-0.25, -0.2) is 19.6 Å². The third kappa shape index (κ3) is 17.1. The SMILES string of the molecule is CC[C@H](C)[C@H](NC(=O)[C@H](C)C[C@H](O)[C@H](CC1CCCCC1)NC(=O)[C@H](Cc1cnc[nH]1)NC(=O)[C@H](CCc1ccccc1)NC(=O)OC(C)(C)C)C(=O)N[C@@H](Cc1cnc[nH]1)C(=O)O. The van der Waals surface area contributed by atoms with Crippen LogP contribution < -0.4 is 26.6 Å². The molecule has 0 bridgehead atoms. The van der Waals surface area contributed by atoms with E-state index >= 15 is 0 Å². The summed E-state index contributed by atoms with van der Waals surface area (Å²) >= 11 is 0. The van der Waals surface area contributed by atoms with Gasteiger partial charge < -0.3 is 51.5 Å². The average Bonchev–Trinajstić information content (AvgIpc) is 3.98. The van der Waals surface area contributed by atoms with Crippen LogP contribution in [0, 0.1) is 17.8 Å². The number of aliphatic carboxylic acids is 1. The summed E-state index contributed by atoms with van der Waals surface area (Å²) in [5.74, 6) is -4.59. The van der Waals surface area contributed by atoms with E-state index in [1.54, 1.807) is 40.8 Å². The van der Waals surface area contributed by atoms with E-state index in [-0.39, 0.29) is 37.5 Å². The zero-order valence-electron chi connectivity index (χ0n) is 38.0. The van der Waals surface area contributed by atoms with Crippen LogP contribution in [-0.2, 0) is 48.0 Å². The van der Waals surface area contributed by atoms with E-state index in [1.165, 1.54) is 18.9 Å². The van der Waals surface area contributed by atoms with E-state index in [9.17, 15) is 39.0 Å². The number of imidazole rings is 2. The molecule has 0 saturated heterocycles. The van der Waals surface area contributed by atoms with Crippen molar-refractivity contribution in [3.8, 4) is 0 Å². The number of carbonyl (C=O) groups is 6. The third-order valence-corrected chi connectivity index (χ3v) is 11.7. The summed E-state index contributed by atoms with van der Waals surface area (Å²) in [5.41, 5.74) is 1.21. The van der Waals surface area contributed by atoms with Gasteiger partial charge in [-0.2, -0.15) is 0 Å². The maximum absolute atomic E-state index is 14.4. The summed E-state index contributed by atoms with van der Waals surface area (Å²) < 4.78 is 5.48. The number of nitrogens with zero attached hydrogens (tertiary/aromatic N) is 2. The van der Waals surface area contributed by atoms with Crippen molar-refractivity contribution in [2.45, 2.75) is 161 Å². The number of ether oxygens (including phenoxy) is 1. The van der Waals surface area contributed by atoms with E-state index in [0.717, 1.165) is 37.7 Å². The normalized spacial score (nSPS) is 17.0. The second-order valence-corrected chi connectivity index (χ2v) is 18.2. The highest BCUT2D eigenvalue weighted by Gasteiger charge is 2.35. The lowest BCUT2D eigenvalue weighted by molar-refractivity contribution is -0.142. The van der Waals surface area contributed by atoms with Crippen LogP contribution in [0.3, 0.4) is 0 Å². The number of rotatable bonds is 24. The van der Waals surface area contributed by atoms with Gasteiger partial charge in [0.2, 0.25) is 23.6 Å². The molecule has 18 nitrogen and oxygen atoms in total. The number of aliphatic hydroxyl groups is 1. The lowest BCUT2D eigenvalue weighted by atomic mass is 9.82. The number of H-pyrrole nitrogens is 2. The van der Waals surface area contributed by atoms with Crippen LogP contribution in [0.15, 0.2) is 55.4 Å². The lowest BCUT2D eigenvalue weighted by Gasteiger charge is -2.33. The number of aromatic amines is 2. The minimum Gasteiger partial charge on any atom is -0.480 e.